The molecule has 0 fully saturated rings. The maximum atomic E-state index is 9.80. The number of phenols is 1. The van der Waals surface area contributed by atoms with E-state index >= 15 is 0 Å². The molecule has 7 heteroatoms. The van der Waals surface area contributed by atoms with Crippen molar-refractivity contribution in [3.8, 4) is 22.9 Å². The summed E-state index contributed by atoms with van der Waals surface area (Å²) in [5.74, 6) is 1.13. The molecule has 0 aliphatic carbocycles. The van der Waals surface area contributed by atoms with Gasteiger partial charge in [0.25, 0.3) is 0 Å². The number of nitrogens with zero attached hydrogens (tertiary/aromatic N) is 2. The largest absolute Gasteiger partial charge is 0.504 e. The summed E-state index contributed by atoms with van der Waals surface area (Å²) >= 11 is 5.17. The molecule has 0 aliphatic heterocycles. The van der Waals surface area contributed by atoms with E-state index in [0.717, 1.165) is 5.56 Å². The average molecular weight is 281 g/mol. The van der Waals surface area contributed by atoms with Crippen molar-refractivity contribution < 1.29 is 14.6 Å². The molecule has 102 valence electrons. The van der Waals surface area contributed by atoms with Gasteiger partial charge in [-0.25, -0.2) is 0 Å². The number of hydrogen-bond donors (Lipinski definition) is 2. The maximum absolute atomic E-state index is 9.80. The van der Waals surface area contributed by atoms with Crippen molar-refractivity contribution in [2.75, 3.05) is 20.8 Å². The Bertz CT molecular complexity index is 621. The van der Waals surface area contributed by atoms with Crippen LogP contribution in [0.1, 0.15) is 0 Å². The van der Waals surface area contributed by atoms with Gasteiger partial charge in [0.1, 0.15) is 0 Å². The molecule has 6 nitrogen and oxygen atoms in total. The van der Waals surface area contributed by atoms with Crippen molar-refractivity contribution in [2.24, 2.45) is 0 Å². The molecule has 0 spiro atoms. The number of rotatable bonds is 5. The van der Waals surface area contributed by atoms with Gasteiger partial charge in [-0.2, -0.15) is 5.10 Å². The third-order valence-electron chi connectivity index (χ3n) is 2.71. The molecule has 2 N–H and O–H groups in total. The van der Waals surface area contributed by atoms with Crippen LogP contribution in [-0.2, 0) is 11.3 Å². The summed E-state index contributed by atoms with van der Waals surface area (Å²) in [4.78, 5) is 0. The van der Waals surface area contributed by atoms with Crippen molar-refractivity contribution in [3.05, 3.63) is 23.0 Å². The Kier molecular flexibility index (Phi) is 4.18. The Morgan fingerprint density at radius 1 is 1.42 bits per heavy atom. The SMILES string of the molecule is COCCn1c(-c2ccc(OC)c(O)c2)n[nH]c1=S. The van der Waals surface area contributed by atoms with E-state index in [1.807, 2.05) is 10.6 Å². The van der Waals surface area contributed by atoms with E-state index in [9.17, 15) is 5.11 Å². The topological polar surface area (TPSA) is 72.3 Å². The molecule has 0 bridgehead atoms. The van der Waals surface area contributed by atoms with Gasteiger partial charge in [0, 0.05) is 12.7 Å². The van der Waals surface area contributed by atoms with Gasteiger partial charge in [-0.1, -0.05) is 0 Å². The Morgan fingerprint density at radius 2 is 2.21 bits per heavy atom. The van der Waals surface area contributed by atoms with E-state index in [-0.39, 0.29) is 5.75 Å². The average Bonchev–Trinajstić information content (AvgIpc) is 2.77. The van der Waals surface area contributed by atoms with Gasteiger partial charge in [0.15, 0.2) is 22.1 Å². The second-order valence-electron chi connectivity index (χ2n) is 3.88. The summed E-state index contributed by atoms with van der Waals surface area (Å²) in [6, 6.07) is 5.09. The molecular weight excluding hydrogens is 266 g/mol. The Labute approximate surface area is 115 Å². The van der Waals surface area contributed by atoms with Crippen LogP contribution >= 0.6 is 12.2 Å². The van der Waals surface area contributed by atoms with Gasteiger partial charge in [0.2, 0.25) is 0 Å². The van der Waals surface area contributed by atoms with Crippen LogP contribution in [0.2, 0.25) is 0 Å². The molecule has 2 rings (SSSR count). The smallest absolute Gasteiger partial charge is 0.195 e. The first-order chi connectivity index (χ1) is 9.17. The first kappa shape index (κ1) is 13.6. The lowest BCUT2D eigenvalue weighted by Crippen LogP contribution is -2.06. The van der Waals surface area contributed by atoms with Crippen molar-refractivity contribution >= 4 is 12.2 Å². The zero-order valence-electron chi connectivity index (χ0n) is 10.7. The van der Waals surface area contributed by atoms with E-state index in [1.54, 1.807) is 19.2 Å². The second-order valence-corrected chi connectivity index (χ2v) is 4.27. The lowest BCUT2D eigenvalue weighted by molar-refractivity contribution is 0.187. The first-order valence-electron chi connectivity index (χ1n) is 5.69. The summed E-state index contributed by atoms with van der Waals surface area (Å²) in [5, 5.41) is 16.7. The molecule has 0 aliphatic rings. The standard InChI is InChI=1S/C12H15N3O3S/c1-17-6-5-15-11(13-14-12(15)19)8-3-4-10(18-2)9(16)7-8/h3-4,7,16H,5-6H2,1-2H3,(H,14,19). The summed E-state index contributed by atoms with van der Waals surface area (Å²) in [6.07, 6.45) is 0. The van der Waals surface area contributed by atoms with Gasteiger partial charge in [0.05, 0.1) is 20.3 Å². The Hall–Kier alpha value is -1.86. The molecule has 2 aromatic rings. The summed E-state index contributed by atoms with van der Waals surface area (Å²) in [6.45, 7) is 1.12. The number of methoxy groups -OCH3 is 2. The number of aromatic hydroxyl groups is 1. The highest BCUT2D eigenvalue weighted by molar-refractivity contribution is 7.71. The van der Waals surface area contributed by atoms with Crippen molar-refractivity contribution in [1.29, 1.82) is 0 Å². The molecule has 1 aromatic heterocycles. The highest BCUT2D eigenvalue weighted by atomic mass is 32.1. The number of benzene rings is 1. The van der Waals surface area contributed by atoms with E-state index in [1.165, 1.54) is 7.11 Å². The molecule has 0 saturated carbocycles. The molecule has 0 saturated heterocycles. The van der Waals surface area contributed by atoms with Gasteiger partial charge in [-0.15, -0.1) is 0 Å². The first-order valence-corrected chi connectivity index (χ1v) is 6.09. The molecule has 0 unspecified atom stereocenters. The molecule has 0 atom stereocenters. The zero-order valence-corrected chi connectivity index (χ0v) is 11.5. The molecule has 0 radical (unpaired) electrons. The quantitative estimate of drug-likeness (QED) is 0.820. The molecule has 19 heavy (non-hydrogen) atoms. The zero-order chi connectivity index (χ0) is 13.8. The highest BCUT2D eigenvalue weighted by Crippen LogP contribution is 2.30. The summed E-state index contributed by atoms with van der Waals surface area (Å²) < 4.78 is 12.4. The minimum Gasteiger partial charge on any atom is -0.504 e. The minimum atomic E-state index is 0.0622. The highest BCUT2D eigenvalue weighted by Gasteiger charge is 2.11. The van der Waals surface area contributed by atoms with Crippen LogP contribution in [0.3, 0.4) is 0 Å². The van der Waals surface area contributed by atoms with Crippen molar-refractivity contribution in [1.82, 2.24) is 14.8 Å². The lowest BCUT2D eigenvalue weighted by atomic mass is 10.2. The van der Waals surface area contributed by atoms with Crippen LogP contribution in [0.25, 0.3) is 11.4 Å². The summed E-state index contributed by atoms with van der Waals surface area (Å²) in [7, 11) is 3.13. The van der Waals surface area contributed by atoms with Crippen LogP contribution < -0.4 is 4.74 Å². The fraction of sp³-hybridized carbons (Fsp3) is 0.333. The van der Waals surface area contributed by atoms with Crippen LogP contribution in [0.4, 0.5) is 0 Å². The van der Waals surface area contributed by atoms with Crippen LogP contribution in [0, 0.1) is 4.77 Å². The van der Waals surface area contributed by atoms with Gasteiger partial charge < -0.3 is 14.6 Å². The Morgan fingerprint density at radius 3 is 2.84 bits per heavy atom. The number of nitrogens with one attached hydrogen (secondary N) is 1. The van der Waals surface area contributed by atoms with Crippen LogP contribution in [0.5, 0.6) is 11.5 Å². The van der Waals surface area contributed by atoms with Gasteiger partial charge >= 0.3 is 0 Å². The maximum Gasteiger partial charge on any atom is 0.195 e. The Balaban J connectivity index is 2.41. The molecule has 0 amide bonds. The predicted molar refractivity (Wildman–Crippen MR) is 72.9 cm³/mol. The lowest BCUT2D eigenvalue weighted by Gasteiger charge is -2.08. The number of ether oxygens (including phenoxy) is 2. The number of hydrogen-bond acceptors (Lipinski definition) is 5. The number of aromatic nitrogens is 3. The number of aromatic amines is 1. The van der Waals surface area contributed by atoms with Crippen molar-refractivity contribution in [3.63, 3.8) is 0 Å². The van der Waals surface area contributed by atoms with Gasteiger partial charge in [-0.05, 0) is 30.4 Å². The third kappa shape index (κ3) is 2.77. The minimum absolute atomic E-state index is 0.0622. The third-order valence-corrected chi connectivity index (χ3v) is 3.03. The summed E-state index contributed by atoms with van der Waals surface area (Å²) in [5.41, 5.74) is 0.752. The molecule has 1 aromatic carbocycles. The van der Waals surface area contributed by atoms with E-state index < -0.39 is 0 Å². The number of phenolic OH excluding ortho intramolecular Hbond substituents is 1. The predicted octanol–water partition coefficient (Wildman–Crippen LogP) is 1.97. The monoisotopic (exact) mass is 281 g/mol. The second kappa shape index (κ2) is 5.85. The van der Waals surface area contributed by atoms with E-state index in [0.29, 0.717) is 29.5 Å². The fourth-order valence-corrected chi connectivity index (χ4v) is 1.98. The van der Waals surface area contributed by atoms with Gasteiger partial charge in [-0.3, -0.25) is 9.67 Å². The van der Waals surface area contributed by atoms with Crippen molar-refractivity contribution in [2.45, 2.75) is 6.54 Å². The number of H-pyrrole nitrogens is 1. The van der Waals surface area contributed by atoms with Crippen LogP contribution in [-0.4, -0.2) is 40.7 Å². The van der Waals surface area contributed by atoms with E-state index in [2.05, 4.69) is 10.2 Å². The normalized spacial score (nSPS) is 10.6. The van der Waals surface area contributed by atoms with E-state index in [4.69, 9.17) is 21.7 Å². The molecule has 1 heterocycles. The van der Waals surface area contributed by atoms with Crippen LogP contribution in [0.15, 0.2) is 18.2 Å². The molecular formula is C12H15N3O3S. The fourth-order valence-electron chi connectivity index (χ4n) is 1.76.